The number of hydrogen-bond donors (Lipinski definition) is 1. The van der Waals surface area contributed by atoms with Gasteiger partial charge < -0.3 is 10.5 Å². The van der Waals surface area contributed by atoms with Crippen molar-refractivity contribution in [3.05, 3.63) is 40.7 Å². The molecule has 0 unspecified atom stereocenters. The zero-order valence-electron chi connectivity index (χ0n) is 12.2. The van der Waals surface area contributed by atoms with Crippen LogP contribution in [-0.2, 0) is 16.8 Å². The number of nitrogens with two attached hydrogens (primary N) is 1. The lowest BCUT2D eigenvalue weighted by Gasteiger charge is -2.22. The Hall–Kier alpha value is -1.99. The zero-order chi connectivity index (χ0) is 15.0. The van der Waals surface area contributed by atoms with Crippen LogP contribution in [0.5, 0.6) is 0 Å². The molecule has 2 aromatic heterocycles. The van der Waals surface area contributed by atoms with Gasteiger partial charge in [-0.05, 0) is 31.5 Å². The van der Waals surface area contributed by atoms with Gasteiger partial charge in [0.05, 0.1) is 0 Å². The molecular formula is C14H17N5OS. The molecule has 3 aromatic rings. The Morgan fingerprint density at radius 3 is 2.62 bits per heavy atom. The first-order chi connectivity index (χ1) is 10.0. The van der Waals surface area contributed by atoms with Gasteiger partial charge in [-0.1, -0.05) is 23.5 Å². The summed E-state index contributed by atoms with van der Waals surface area (Å²) in [6.45, 7) is 4.67. The predicted octanol–water partition coefficient (Wildman–Crippen LogP) is 2.24. The van der Waals surface area contributed by atoms with Gasteiger partial charge in [0.1, 0.15) is 11.6 Å². The van der Waals surface area contributed by atoms with Gasteiger partial charge in [-0.25, -0.2) is 0 Å². The highest BCUT2D eigenvalue weighted by Crippen LogP contribution is 2.34. The molecule has 1 aromatic carbocycles. The van der Waals surface area contributed by atoms with Gasteiger partial charge in [0.2, 0.25) is 4.96 Å². The number of methoxy groups -OCH3 is 1. The van der Waals surface area contributed by atoms with Crippen LogP contribution in [0.4, 0.5) is 5.69 Å². The van der Waals surface area contributed by atoms with Gasteiger partial charge in [-0.3, -0.25) is 0 Å². The quantitative estimate of drug-likeness (QED) is 0.748. The zero-order valence-corrected chi connectivity index (χ0v) is 13.0. The fourth-order valence-corrected chi connectivity index (χ4v) is 3.14. The third kappa shape index (κ3) is 2.38. The van der Waals surface area contributed by atoms with Crippen LogP contribution in [0, 0.1) is 0 Å². The third-order valence-corrected chi connectivity index (χ3v) is 4.72. The summed E-state index contributed by atoms with van der Waals surface area (Å²) in [5.41, 5.74) is 7.46. The largest absolute Gasteiger partial charge is 0.399 e. The summed E-state index contributed by atoms with van der Waals surface area (Å²) in [5, 5.41) is 13.9. The van der Waals surface area contributed by atoms with E-state index >= 15 is 0 Å². The molecule has 0 aliphatic carbocycles. The van der Waals surface area contributed by atoms with Crippen LogP contribution < -0.4 is 5.73 Å². The number of nitrogen functional groups attached to an aromatic ring is 1. The van der Waals surface area contributed by atoms with Crippen molar-refractivity contribution in [2.24, 2.45) is 0 Å². The molecule has 0 saturated heterocycles. The van der Waals surface area contributed by atoms with Crippen molar-refractivity contribution in [3.8, 4) is 0 Å². The molecule has 0 fully saturated rings. The highest BCUT2D eigenvalue weighted by atomic mass is 32.1. The van der Waals surface area contributed by atoms with Crippen molar-refractivity contribution >= 4 is 22.0 Å². The van der Waals surface area contributed by atoms with Gasteiger partial charge >= 0.3 is 0 Å². The second kappa shape index (κ2) is 5.09. The number of rotatable bonds is 4. The Balaban J connectivity index is 2.03. The highest BCUT2D eigenvalue weighted by molar-refractivity contribution is 7.16. The van der Waals surface area contributed by atoms with Crippen molar-refractivity contribution in [2.45, 2.75) is 25.9 Å². The average molecular weight is 303 g/mol. The lowest BCUT2D eigenvalue weighted by molar-refractivity contribution is 0.176. The van der Waals surface area contributed by atoms with E-state index in [0.717, 1.165) is 21.2 Å². The van der Waals surface area contributed by atoms with Crippen LogP contribution in [0.3, 0.4) is 0 Å². The molecule has 110 valence electrons. The van der Waals surface area contributed by atoms with Gasteiger partial charge in [-0.2, -0.15) is 9.61 Å². The Kier molecular flexibility index (Phi) is 3.38. The SMILES string of the molecule is COCc1nnc2sc(C(C)(C)c3ccc(N)cc3)nn12. The maximum Gasteiger partial charge on any atom is 0.234 e. The summed E-state index contributed by atoms with van der Waals surface area (Å²) in [4.78, 5) is 0.778. The number of benzene rings is 1. The molecular weight excluding hydrogens is 286 g/mol. The fourth-order valence-electron chi connectivity index (χ4n) is 2.15. The Morgan fingerprint density at radius 1 is 1.24 bits per heavy atom. The summed E-state index contributed by atoms with van der Waals surface area (Å²) in [6, 6.07) is 7.89. The summed E-state index contributed by atoms with van der Waals surface area (Å²) in [5.74, 6) is 0.711. The number of anilines is 1. The molecule has 0 aliphatic heterocycles. The summed E-state index contributed by atoms with van der Waals surface area (Å²) in [7, 11) is 1.63. The molecule has 0 amide bonds. The van der Waals surface area contributed by atoms with E-state index in [1.807, 2.05) is 24.3 Å². The molecule has 0 aliphatic rings. The second-order valence-corrected chi connectivity index (χ2v) is 6.35. The van der Waals surface area contributed by atoms with Crippen LogP contribution in [0.2, 0.25) is 0 Å². The lowest BCUT2D eigenvalue weighted by atomic mass is 9.85. The van der Waals surface area contributed by atoms with E-state index in [-0.39, 0.29) is 5.41 Å². The molecule has 7 heteroatoms. The molecule has 3 rings (SSSR count). The van der Waals surface area contributed by atoms with Crippen molar-refractivity contribution < 1.29 is 4.74 Å². The topological polar surface area (TPSA) is 78.3 Å². The lowest BCUT2D eigenvalue weighted by Crippen LogP contribution is -2.19. The Bertz CT molecular complexity index is 759. The van der Waals surface area contributed by atoms with Crippen molar-refractivity contribution in [3.63, 3.8) is 0 Å². The van der Waals surface area contributed by atoms with Gasteiger partial charge in [0, 0.05) is 18.2 Å². The van der Waals surface area contributed by atoms with Crippen LogP contribution >= 0.6 is 11.3 Å². The average Bonchev–Trinajstić information content (AvgIpc) is 3.02. The summed E-state index contributed by atoms with van der Waals surface area (Å²) >= 11 is 1.54. The highest BCUT2D eigenvalue weighted by Gasteiger charge is 2.28. The first-order valence-electron chi connectivity index (χ1n) is 6.59. The third-order valence-electron chi connectivity index (χ3n) is 3.50. The second-order valence-electron chi connectivity index (χ2n) is 5.40. The molecule has 2 heterocycles. The van der Waals surface area contributed by atoms with E-state index < -0.39 is 0 Å². The van der Waals surface area contributed by atoms with Crippen LogP contribution in [0.25, 0.3) is 4.96 Å². The predicted molar refractivity (Wildman–Crippen MR) is 82.4 cm³/mol. The molecule has 6 nitrogen and oxygen atoms in total. The molecule has 21 heavy (non-hydrogen) atoms. The minimum absolute atomic E-state index is 0.219. The van der Waals surface area contributed by atoms with E-state index in [2.05, 4.69) is 29.1 Å². The monoisotopic (exact) mass is 303 g/mol. The minimum atomic E-state index is -0.219. The van der Waals surface area contributed by atoms with E-state index in [0.29, 0.717) is 12.4 Å². The van der Waals surface area contributed by atoms with Crippen molar-refractivity contribution in [1.29, 1.82) is 0 Å². The van der Waals surface area contributed by atoms with E-state index in [1.54, 1.807) is 23.0 Å². The van der Waals surface area contributed by atoms with Crippen molar-refractivity contribution in [1.82, 2.24) is 19.8 Å². The number of ether oxygens (including phenoxy) is 1. The van der Waals surface area contributed by atoms with Crippen molar-refractivity contribution in [2.75, 3.05) is 12.8 Å². The first-order valence-corrected chi connectivity index (χ1v) is 7.40. The number of aromatic nitrogens is 4. The standard InChI is InChI=1S/C14H17N5OS/c1-14(2,9-4-6-10(15)7-5-9)12-18-19-11(8-20-3)16-17-13(19)21-12/h4-7H,8,15H2,1-3H3. The Morgan fingerprint density at radius 2 is 1.95 bits per heavy atom. The summed E-state index contributed by atoms with van der Waals surface area (Å²) in [6.07, 6.45) is 0. The van der Waals surface area contributed by atoms with E-state index in [9.17, 15) is 0 Å². The van der Waals surface area contributed by atoms with Crippen LogP contribution in [-0.4, -0.2) is 26.9 Å². The molecule has 0 bridgehead atoms. The van der Waals surface area contributed by atoms with E-state index in [4.69, 9.17) is 10.5 Å². The number of fused-ring (bicyclic) bond motifs is 1. The summed E-state index contributed by atoms with van der Waals surface area (Å²) < 4.78 is 6.87. The molecule has 0 saturated carbocycles. The van der Waals surface area contributed by atoms with Crippen LogP contribution in [0.1, 0.15) is 30.2 Å². The van der Waals surface area contributed by atoms with Gasteiger partial charge in [0.25, 0.3) is 0 Å². The van der Waals surface area contributed by atoms with Gasteiger partial charge in [0.15, 0.2) is 5.82 Å². The molecule has 0 spiro atoms. The Labute approximate surface area is 126 Å². The molecule has 0 atom stereocenters. The fraction of sp³-hybridized carbons (Fsp3) is 0.357. The molecule has 0 radical (unpaired) electrons. The number of hydrogen-bond acceptors (Lipinski definition) is 6. The maximum absolute atomic E-state index is 5.76. The first kappa shape index (κ1) is 14.0. The number of nitrogens with zero attached hydrogens (tertiary/aromatic N) is 4. The van der Waals surface area contributed by atoms with E-state index in [1.165, 1.54) is 0 Å². The normalized spacial score (nSPS) is 12.1. The molecule has 2 N–H and O–H groups in total. The van der Waals surface area contributed by atoms with Crippen LogP contribution in [0.15, 0.2) is 24.3 Å². The van der Waals surface area contributed by atoms with Gasteiger partial charge in [-0.15, -0.1) is 10.2 Å². The minimum Gasteiger partial charge on any atom is -0.399 e. The maximum atomic E-state index is 5.76. The smallest absolute Gasteiger partial charge is 0.234 e.